The van der Waals surface area contributed by atoms with Crippen LogP contribution in [0.1, 0.15) is 39.7 Å². The van der Waals surface area contributed by atoms with Gasteiger partial charge in [-0.15, -0.1) is 10.2 Å². The third-order valence-electron chi connectivity index (χ3n) is 6.37. The van der Waals surface area contributed by atoms with Gasteiger partial charge in [-0.1, -0.05) is 0 Å². The molecular formula is C22H26FN5O3. The van der Waals surface area contributed by atoms with Crippen molar-refractivity contribution < 1.29 is 13.9 Å². The van der Waals surface area contributed by atoms with Gasteiger partial charge >= 0.3 is 5.76 Å². The molecule has 9 heteroatoms. The van der Waals surface area contributed by atoms with Gasteiger partial charge in [0.1, 0.15) is 11.9 Å². The lowest BCUT2D eigenvalue weighted by Crippen LogP contribution is -2.69. The zero-order valence-electron chi connectivity index (χ0n) is 18.0. The molecule has 31 heavy (non-hydrogen) atoms. The van der Waals surface area contributed by atoms with E-state index < -0.39 is 17.5 Å². The van der Waals surface area contributed by atoms with E-state index in [1.807, 2.05) is 24.8 Å². The Morgan fingerprint density at radius 1 is 1.23 bits per heavy atom. The fourth-order valence-electron chi connectivity index (χ4n) is 5.21. The number of phenolic OH excluding ortho intramolecular Hbond substituents is 1. The number of hydrogen-bond acceptors (Lipinski definition) is 7. The highest BCUT2D eigenvalue weighted by Gasteiger charge is 2.49. The number of aromatic nitrogens is 3. The number of benzene rings is 1. The number of H-pyrrole nitrogens is 1. The first kappa shape index (κ1) is 20.0. The molecule has 0 amide bonds. The monoisotopic (exact) mass is 427 g/mol. The Balaban J connectivity index is 1.51. The SMILES string of the molecule is CC1(C)C[C@H](N2CCc3cc(-c4cc5oc(=O)[nH]c5cc4O)nnc32)[C@H](F)C(C)(C)N1. The number of alkyl halides is 1. The van der Waals surface area contributed by atoms with E-state index in [4.69, 9.17) is 4.42 Å². The highest BCUT2D eigenvalue weighted by atomic mass is 19.1. The minimum absolute atomic E-state index is 0.0284. The second-order valence-corrected chi connectivity index (χ2v) is 9.81. The summed E-state index contributed by atoms with van der Waals surface area (Å²) in [5.41, 5.74) is 1.76. The van der Waals surface area contributed by atoms with Gasteiger partial charge in [0.25, 0.3) is 0 Å². The zero-order valence-corrected chi connectivity index (χ0v) is 18.0. The number of hydrogen-bond donors (Lipinski definition) is 3. The topological polar surface area (TPSA) is 107 Å². The van der Waals surface area contributed by atoms with Gasteiger partial charge in [-0.3, -0.25) is 4.98 Å². The first-order chi connectivity index (χ1) is 14.5. The van der Waals surface area contributed by atoms with E-state index in [1.165, 1.54) is 6.07 Å². The van der Waals surface area contributed by atoms with Crippen molar-refractivity contribution in [3.05, 3.63) is 34.3 Å². The summed E-state index contributed by atoms with van der Waals surface area (Å²) in [5.74, 6) is 0.0776. The maximum Gasteiger partial charge on any atom is 0.417 e. The lowest BCUT2D eigenvalue weighted by Gasteiger charge is -2.51. The molecule has 1 aromatic carbocycles. The fourth-order valence-corrected chi connectivity index (χ4v) is 5.21. The van der Waals surface area contributed by atoms with Crippen molar-refractivity contribution in [2.45, 2.75) is 63.8 Å². The summed E-state index contributed by atoms with van der Waals surface area (Å²) in [7, 11) is 0. The molecule has 2 aliphatic rings. The van der Waals surface area contributed by atoms with E-state index in [2.05, 4.69) is 34.3 Å². The van der Waals surface area contributed by atoms with Crippen LogP contribution in [0.5, 0.6) is 5.75 Å². The Hall–Kier alpha value is -2.94. The second kappa shape index (κ2) is 6.53. The Kier molecular flexibility index (Phi) is 4.21. The minimum atomic E-state index is -1.06. The standard InChI is InChI=1S/C22H26FN5O3/c1-21(2)10-15(18(23)22(3,4)27-21)28-6-5-11-7-13(25-26-19(11)28)12-8-17-14(9-16(12)29)24-20(30)31-17/h7-9,15,18,27,29H,5-6,10H2,1-4H3,(H,24,30)/t15-,18-/m0/s1. The summed E-state index contributed by atoms with van der Waals surface area (Å²) in [4.78, 5) is 16.0. The third-order valence-corrected chi connectivity index (χ3v) is 6.37. The molecule has 164 valence electrons. The Bertz CT molecular complexity index is 1230. The predicted molar refractivity (Wildman–Crippen MR) is 115 cm³/mol. The summed E-state index contributed by atoms with van der Waals surface area (Å²) in [6.45, 7) is 8.66. The quantitative estimate of drug-likeness (QED) is 0.577. The Morgan fingerprint density at radius 2 is 2.00 bits per heavy atom. The van der Waals surface area contributed by atoms with Crippen LogP contribution in [-0.4, -0.2) is 50.1 Å². The maximum atomic E-state index is 15.4. The first-order valence-corrected chi connectivity index (χ1v) is 10.5. The van der Waals surface area contributed by atoms with E-state index in [1.54, 1.807) is 6.07 Å². The third kappa shape index (κ3) is 3.27. The van der Waals surface area contributed by atoms with Gasteiger partial charge in [0.05, 0.1) is 17.3 Å². The average molecular weight is 427 g/mol. The van der Waals surface area contributed by atoms with E-state index in [0.29, 0.717) is 41.1 Å². The fraction of sp³-hybridized carbons (Fsp3) is 0.500. The van der Waals surface area contributed by atoms with Crippen LogP contribution in [0.25, 0.3) is 22.4 Å². The van der Waals surface area contributed by atoms with E-state index in [9.17, 15) is 9.90 Å². The van der Waals surface area contributed by atoms with Crippen LogP contribution in [0.3, 0.4) is 0 Å². The number of halogens is 1. The Morgan fingerprint density at radius 3 is 2.77 bits per heavy atom. The number of fused-ring (bicyclic) bond motifs is 2. The summed E-state index contributed by atoms with van der Waals surface area (Å²) in [6.07, 6.45) is 0.318. The maximum absolute atomic E-state index is 15.4. The molecule has 0 spiro atoms. The number of aromatic hydroxyl groups is 1. The summed E-state index contributed by atoms with van der Waals surface area (Å²) >= 11 is 0. The number of rotatable bonds is 2. The van der Waals surface area contributed by atoms with Crippen molar-refractivity contribution in [3.63, 3.8) is 0 Å². The molecule has 0 aliphatic carbocycles. The number of piperidine rings is 1. The molecule has 8 nitrogen and oxygen atoms in total. The van der Waals surface area contributed by atoms with Gasteiger partial charge < -0.3 is 19.7 Å². The van der Waals surface area contributed by atoms with Gasteiger partial charge in [0.2, 0.25) is 0 Å². The van der Waals surface area contributed by atoms with Crippen molar-refractivity contribution in [3.8, 4) is 17.0 Å². The van der Waals surface area contributed by atoms with Gasteiger partial charge in [-0.2, -0.15) is 0 Å². The van der Waals surface area contributed by atoms with Crippen LogP contribution in [0.4, 0.5) is 10.2 Å². The van der Waals surface area contributed by atoms with Crippen molar-refractivity contribution in [2.75, 3.05) is 11.4 Å². The van der Waals surface area contributed by atoms with Crippen LogP contribution in [0.15, 0.2) is 27.4 Å². The molecule has 2 atom stereocenters. The highest BCUT2D eigenvalue weighted by molar-refractivity contribution is 5.83. The van der Waals surface area contributed by atoms with Gasteiger partial charge in [0.15, 0.2) is 11.4 Å². The average Bonchev–Trinajstić information content (AvgIpc) is 3.24. The molecule has 1 fully saturated rings. The molecule has 3 N–H and O–H groups in total. The molecule has 0 saturated carbocycles. The smallest absolute Gasteiger partial charge is 0.417 e. The molecular weight excluding hydrogens is 401 g/mol. The van der Waals surface area contributed by atoms with E-state index in [-0.39, 0.29) is 17.3 Å². The largest absolute Gasteiger partial charge is 0.507 e. The summed E-state index contributed by atoms with van der Waals surface area (Å²) in [5, 5.41) is 22.6. The lowest BCUT2D eigenvalue weighted by molar-refractivity contribution is 0.0555. The van der Waals surface area contributed by atoms with Gasteiger partial charge in [-0.05, 0) is 52.7 Å². The van der Waals surface area contributed by atoms with Crippen molar-refractivity contribution >= 4 is 16.9 Å². The lowest BCUT2D eigenvalue weighted by atomic mass is 9.77. The molecule has 0 bridgehead atoms. The molecule has 1 saturated heterocycles. The first-order valence-electron chi connectivity index (χ1n) is 10.5. The second-order valence-electron chi connectivity index (χ2n) is 9.81. The number of nitrogens with one attached hydrogen (secondary N) is 2. The van der Waals surface area contributed by atoms with Crippen LogP contribution in [0.2, 0.25) is 0 Å². The van der Waals surface area contributed by atoms with Crippen LogP contribution in [-0.2, 0) is 6.42 Å². The minimum Gasteiger partial charge on any atom is -0.507 e. The van der Waals surface area contributed by atoms with Crippen LogP contribution in [0, 0.1) is 0 Å². The normalized spacial score (nSPS) is 24.5. The van der Waals surface area contributed by atoms with Crippen molar-refractivity contribution in [1.82, 2.24) is 20.5 Å². The van der Waals surface area contributed by atoms with Crippen LogP contribution >= 0.6 is 0 Å². The Labute approximate surface area is 178 Å². The number of aromatic amines is 1. The van der Waals surface area contributed by atoms with Crippen LogP contribution < -0.4 is 16.0 Å². The van der Waals surface area contributed by atoms with Crippen molar-refractivity contribution in [1.29, 1.82) is 0 Å². The molecule has 0 unspecified atom stereocenters. The van der Waals surface area contributed by atoms with E-state index in [0.717, 1.165) is 12.0 Å². The molecule has 5 rings (SSSR count). The number of nitrogens with zero attached hydrogens (tertiary/aromatic N) is 3. The number of oxazole rings is 1. The molecule has 2 aromatic heterocycles. The zero-order chi connectivity index (χ0) is 22.1. The van der Waals surface area contributed by atoms with E-state index >= 15 is 4.39 Å². The highest BCUT2D eigenvalue weighted by Crippen LogP contribution is 2.40. The van der Waals surface area contributed by atoms with Gasteiger partial charge in [0, 0.05) is 34.8 Å². The summed E-state index contributed by atoms with van der Waals surface area (Å²) in [6, 6.07) is 4.58. The number of anilines is 1. The molecule has 2 aliphatic heterocycles. The van der Waals surface area contributed by atoms with Gasteiger partial charge in [-0.25, -0.2) is 9.18 Å². The predicted octanol–water partition coefficient (Wildman–Crippen LogP) is 2.90. The summed E-state index contributed by atoms with van der Waals surface area (Å²) < 4.78 is 20.5. The molecule has 4 heterocycles. The molecule has 3 aromatic rings. The van der Waals surface area contributed by atoms with Crippen molar-refractivity contribution in [2.24, 2.45) is 0 Å². The molecule has 0 radical (unpaired) electrons. The number of phenols is 1.